The summed E-state index contributed by atoms with van der Waals surface area (Å²) in [5, 5.41) is 10.5. The lowest BCUT2D eigenvalue weighted by molar-refractivity contribution is 0.0699. The van der Waals surface area contributed by atoms with Gasteiger partial charge >= 0.3 is 5.97 Å². The predicted octanol–water partition coefficient (Wildman–Crippen LogP) is 1.43. The first kappa shape index (κ1) is 10.7. The van der Waals surface area contributed by atoms with Gasteiger partial charge in [-0.2, -0.15) is 0 Å². The molecule has 0 aliphatic rings. The van der Waals surface area contributed by atoms with Crippen LogP contribution in [-0.2, 0) is 6.42 Å². The van der Waals surface area contributed by atoms with Crippen LogP contribution in [-0.4, -0.2) is 16.1 Å². The zero-order valence-corrected chi connectivity index (χ0v) is 9.35. The van der Waals surface area contributed by atoms with Crippen molar-refractivity contribution in [3.63, 3.8) is 0 Å². The average molecular weight is 238 g/mol. The fourth-order valence-corrected chi connectivity index (χ4v) is 2.78. The van der Waals surface area contributed by atoms with Gasteiger partial charge in [0, 0.05) is 5.38 Å². The largest absolute Gasteiger partial charge is 0.478 e. The lowest BCUT2D eigenvalue weighted by Crippen LogP contribution is -2.15. The molecule has 0 radical (unpaired) electrons. The number of hydrogen-bond acceptors (Lipinski definition) is 4. The van der Waals surface area contributed by atoms with Gasteiger partial charge in [0.15, 0.2) is 0 Å². The van der Waals surface area contributed by atoms with E-state index in [9.17, 15) is 9.59 Å². The molecule has 0 saturated heterocycles. The van der Waals surface area contributed by atoms with Gasteiger partial charge in [-0.3, -0.25) is 4.79 Å². The van der Waals surface area contributed by atoms with E-state index in [1.165, 1.54) is 16.7 Å². The maximum atomic E-state index is 11.5. The van der Waals surface area contributed by atoms with Crippen molar-refractivity contribution in [2.75, 3.05) is 5.73 Å². The summed E-state index contributed by atoms with van der Waals surface area (Å²) in [5.74, 6) is -1.05. The Bertz CT molecular complexity index is 627. The summed E-state index contributed by atoms with van der Waals surface area (Å²) in [7, 11) is 0. The Balaban J connectivity index is 2.93. The number of anilines is 1. The molecule has 0 unspecified atom stereocenters. The summed E-state index contributed by atoms with van der Waals surface area (Å²) >= 11 is 1.29. The number of aromatic carboxylic acids is 1. The minimum Gasteiger partial charge on any atom is -0.478 e. The number of carbonyl (C=O) groups is 1. The molecule has 2 aromatic rings. The van der Waals surface area contributed by atoms with Gasteiger partial charge in [-0.05, 0) is 12.0 Å². The minimum absolute atomic E-state index is 0.117. The van der Waals surface area contributed by atoms with Crippen LogP contribution in [0.3, 0.4) is 0 Å². The molecule has 0 atom stereocenters. The SMILES string of the molecule is CCc1c(N)c(=O)[nH]c2c(C(=O)O)csc12. The number of thiophene rings is 1. The molecule has 4 N–H and O–H groups in total. The Morgan fingerprint density at radius 3 is 2.88 bits per heavy atom. The lowest BCUT2D eigenvalue weighted by Gasteiger charge is -2.03. The van der Waals surface area contributed by atoms with Gasteiger partial charge in [0.2, 0.25) is 0 Å². The molecular formula is C10H10N2O3S. The molecule has 5 nitrogen and oxygen atoms in total. The van der Waals surface area contributed by atoms with E-state index in [1.807, 2.05) is 6.92 Å². The molecule has 2 rings (SSSR count). The summed E-state index contributed by atoms with van der Waals surface area (Å²) in [4.78, 5) is 25.0. The van der Waals surface area contributed by atoms with Crippen molar-refractivity contribution in [1.29, 1.82) is 0 Å². The number of aryl methyl sites for hydroxylation is 1. The Morgan fingerprint density at radius 2 is 2.31 bits per heavy atom. The monoisotopic (exact) mass is 238 g/mol. The number of carboxylic acids is 1. The summed E-state index contributed by atoms with van der Waals surface area (Å²) in [6.07, 6.45) is 0.603. The van der Waals surface area contributed by atoms with Crippen LogP contribution < -0.4 is 11.3 Å². The van der Waals surface area contributed by atoms with Crippen LogP contribution in [0, 0.1) is 0 Å². The second-order valence-electron chi connectivity index (χ2n) is 3.36. The standard InChI is InChI=1S/C10H10N2O3S/c1-2-4-6(11)9(13)12-7-5(10(14)15)3-16-8(4)7/h3H,2,11H2,1H3,(H,12,13)(H,14,15). The van der Waals surface area contributed by atoms with E-state index in [1.54, 1.807) is 0 Å². The Morgan fingerprint density at radius 1 is 1.62 bits per heavy atom. The number of hydrogen-bond donors (Lipinski definition) is 3. The Hall–Kier alpha value is -1.82. The van der Waals surface area contributed by atoms with Crippen LogP contribution in [0.1, 0.15) is 22.8 Å². The van der Waals surface area contributed by atoms with E-state index in [0.717, 1.165) is 10.3 Å². The molecule has 6 heteroatoms. The molecule has 0 saturated carbocycles. The molecule has 2 heterocycles. The van der Waals surface area contributed by atoms with Crippen LogP contribution in [0.2, 0.25) is 0 Å². The van der Waals surface area contributed by atoms with Crippen molar-refractivity contribution in [1.82, 2.24) is 4.98 Å². The third-order valence-electron chi connectivity index (χ3n) is 2.46. The van der Waals surface area contributed by atoms with Gasteiger partial charge in [0.25, 0.3) is 5.56 Å². The highest BCUT2D eigenvalue weighted by atomic mass is 32.1. The summed E-state index contributed by atoms with van der Waals surface area (Å²) in [6.45, 7) is 1.88. The molecule has 0 fully saturated rings. The molecule has 0 bridgehead atoms. The number of nitrogens with one attached hydrogen (secondary N) is 1. The minimum atomic E-state index is -1.05. The molecule has 0 aliphatic carbocycles. The zero-order valence-electron chi connectivity index (χ0n) is 8.53. The van der Waals surface area contributed by atoms with Gasteiger partial charge in [-0.25, -0.2) is 4.79 Å². The lowest BCUT2D eigenvalue weighted by atomic mass is 10.1. The highest BCUT2D eigenvalue weighted by Crippen LogP contribution is 2.29. The van der Waals surface area contributed by atoms with E-state index >= 15 is 0 Å². The van der Waals surface area contributed by atoms with Crippen LogP contribution in [0.25, 0.3) is 10.2 Å². The van der Waals surface area contributed by atoms with Crippen LogP contribution in [0.4, 0.5) is 5.69 Å². The molecule has 16 heavy (non-hydrogen) atoms. The molecule has 0 spiro atoms. The number of nitrogens with two attached hydrogens (primary N) is 1. The van der Waals surface area contributed by atoms with Crippen LogP contribution in [0.15, 0.2) is 10.2 Å². The maximum absolute atomic E-state index is 11.5. The van der Waals surface area contributed by atoms with Gasteiger partial charge in [-0.1, -0.05) is 6.92 Å². The molecule has 2 aromatic heterocycles. The molecule has 0 aromatic carbocycles. The summed E-state index contributed by atoms with van der Waals surface area (Å²) < 4.78 is 0.747. The van der Waals surface area contributed by atoms with Crippen molar-refractivity contribution >= 4 is 33.2 Å². The average Bonchev–Trinajstić information content (AvgIpc) is 2.63. The normalized spacial score (nSPS) is 10.8. The molecule has 84 valence electrons. The van der Waals surface area contributed by atoms with Gasteiger partial charge < -0.3 is 15.8 Å². The number of pyridine rings is 1. The predicted molar refractivity (Wildman–Crippen MR) is 63.2 cm³/mol. The number of aromatic amines is 1. The number of rotatable bonds is 2. The fraction of sp³-hybridized carbons (Fsp3) is 0.200. The fourth-order valence-electron chi connectivity index (χ4n) is 1.65. The van der Waals surface area contributed by atoms with E-state index < -0.39 is 11.5 Å². The number of H-pyrrole nitrogens is 1. The second kappa shape index (κ2) is 3.64. The van der Waals surface area contributed by atoms with Crippen molar-refractivity contribution in [2.24, 2.45) is 0 Å². The zero-order chi connectivity index (χ0) is 11.9. The van der Waals surface area contributed by atoms with Crippen LogP contribution in [0.5, 0.6) is 0 Å². The molecule has 0 aliphatic heterocycles. The maximum Gasteiger partial charge on any atom is 0.338 e. The number of nitrogen functional groups attached to an aromatic ring is 1. The van der Waals surface area contributed by atoms with Crippen molar-refractivity contribution in [2.45, 2.75) is 13.3 Å². The highest BCUT2D eigenvalue weighted by molar-refractivity contribution is 7.17. The first-order chi connectivity index (χ1) is 7.56. The second-order valence-corrected chi connectivity index (χ2v) is 4.24. The van der Waals surface area contributed by atoms with Gasteiger partial charge in [-0.15, -0.1) is 11.3 Å². The van der Waals surface area contributed by atoms with E-state index in [4.69, 9.17) is 10.8 Å². The van der Waals surface area contributed by atoms with E-state index in [0.29, 0.717) is 11.9 Å². The number of fused-ring (bicyclic) bond motifs is 1. The van der Waals surface area contributed by atoms with Crippen molar-refractivity contribution in [3.8, 4) is 0 Å². The summed E-state index contributed by atoms with van der Waals surface area (Å²) in [6, 6.07) is 0. The van der Waals surface area contributed by atoms with Gasteiger partial charge in [0.05, 0.1) is 15.8 Å². The summed E-state index contributed by atoms with van der Waals surface area (Å²) in [5.41, 5.74) is 6.61. The Kier molecular flexibility index (Phi) is 2.43. The topological polar surface area (TPSA) is 96.2 Å². The van der Waals surface area contributed by atoms with E-state index in [-0.39, 0.29) is 11.3 Å². The van der Waals surface area contributed by atoms with Crippen molar-refractivity contribution in [3.05, 3.63) is 26.9 Å². The number of aromatic nitrogens is 1. The van der Waals surface area contributed by atoms with Crippen molar-refractivity contribution < 1.29 is 9.90 Å². The first-order valence-electron chi connectivity index (χ1n) is 4.71. The third kappa shape index (κ3) is 1.38. The first-order valence-corrected chi connectivity index (χ1v) is 5.59. The molecule has 0 amide bonds. The van der Waals surface area contributed by atoms with E-state index in [2.05, 4.69) is 4.98 Å². The third-order valence-corrected chi connectivity index (χ3v) is 3.50. The van der Waals surface area contributed by atoms with Gasteiger partial charge in [0.1, 0.15) is 5.69 Å². The number of carboxylic acid groups (broad SMARTS) is 1. The Labute approximate surface area is 94.5 Å². The van der Waals surface area contributed by atoms with Crippen LogP contribution >= 0.6 is 11.3 Å². The smallest absolute Gasteiger partial charge is 0.338 e. The highest BCUT2D eigenvalue weighted by Gasteiger charge is 2.16. The quantitative estimate of drug-likeness (QED) is 0.737. The molecular weight excluding hydrogens is 228 g/mol.